The molecule has 2 rings (SSSR count). The van der Waals surface area contributed by atoms with Crippen LogP contribution in [0.4, 0.5) is 0 Å². The normalized spacial score (nSPS) is 18.6. The standard InChI is InChI=1S/C17H30N4O/c1-6-18-17(21-9-7-12(2)8-10-21)19-11-13(3)16-14(4)20-22-15(16)5/h12-13H,6-11H2,1-5H3,(H,18,19). The maximum Gasteiger partial charge on any atom is 0.193 e. The topological polar surface area (TPSA) is 53.7 Å². The van der Waals surface area contributed by atoms with E-state index >= 15 is 0 Å². The molecule has 1 aliphatic rings. The van der Waals surface area contributed by atoms with Gasteiger partial charge >= 0.3 is 0 Å². The third-order valence-corrected chi connectivity index (χ3v) is 4.51. The van der Waals surface area contributed by atoms with Crippen LogP contribution >= 0.6 is 0 Å². The molecule has 1 N–H and O–H groups in total. The lowest BCUT2D eigenvalue weighted by Crippen LogP contribution is -2.45. The van der Waals surface area contributed by atoms with Gasteiger partial charge in [-0.05, 0) is 39.5 Å². The molecular formula is C17H30N4O. The van der Waals surface area contributed by atoms with Crippen molar-refractivity contribution in [2.45, 2.75) is 53.4 Å². The Labute approximate surface area is 134 Å². The molecule has 0 radical (unpaired) electrons. The van der Waals surface area contributed by atoms with Gasteiger partial charge < -0.3 is 14.7 Å². The molecule has 0 saturated carbocycles. The molecule has 124 valence electrons. The molecule has 0 aromatic carbocycles. The number of nitrogens with zero attached hydrogens (tertiary/aromatic N) is 3. The molecule has 5 nitrogen and oxygen atoms in total. The first-order chi connectivity index (χ1) is 10.5. The summed E-state index contributed by atoms with van der Waals surface area (Å²) in [7, 11) is 0. The Balaban J connectivity index is 2.03. The summed E-state index contributed by atoms with van der Waals surface area (Å²) in [5.74, 6) is 3.12. The van der Waals surface area contributed by atoms with E-state index in [2.05, 4.69) is 36.1 Å². The largest absolute Gasteiger partial charge is 0.361 e. The van der Waals surface area contributed by atoms with Crippen LogP contribution in [0.5, 0.6) is 0 Å². The Kier molecular flexibility index (Phi) is 5.86. The highest BCUT2D eigenvalue weighted by molar-refractivity contribution is 5.80. The highest BCUT2D eigenvalue weighted by Crippen LogP contribution is 2.23. The zero-order valence-electron chi connectivity index (χ0n) is 14.6. The van der Waals surface area contributed by atoms with Crippen molar-refractivity contribution in [3.63, 3.8) is 0 Å². The van der Waals surface area contributed by atoms with E-state index in [1.54, 1.807) is 0 Å². The maximum atomic E-state index is 5.27. The molecule has 1 aromatic rings. The lowest BCUT2D eigenvalue weighted by atomic mass is 9.99. The van der Waals surface area contributed by atoms with E-state index in [9.17, 15) is 0 Å². The minimum atomic E-state index is 0.323. The number of likely N-dealkylation sites (tertiary alicyclic amines) is 1. The fraction of sp³-hybridized carbons (Fsp3) is 0.765. The summed E-state index contributed by atoms with van der Waals surface area (Å²) in [5, 5.41) is 7.48. The minimum Gasteiger partial charge on any atom is -0.361 e. The summed E-state index contributed by atoms with van der Waals surface area (Å²) in [5.41, 5.74) is 2.18. The van der Waals surface area contributed by atoms with Crippen LogP contribution in [-0.2, 0) is 0 Å². The van der Waals surface area contributed by atoms with Crippen molar-refractivity contribution in [2.75, 3.05) is 26.2 Å². The molecule has 1 aromatic heterocycles. The summed E-state index contributed by atoms with van der Waals surface area (Å²) < 4.78 is 5.27. The number of piperidine rings is 1. The molecule has 5 heteroatoms. The second-order valence-electron chi connectivity index (χ2n) is 6.50. The SMILES string of the molecule is CCNC(=NCC(C)c1c(C)noc1C)N1CCC(C)CC1. The molecule has 1 atom stereocenters. The van der Waals surface area contributed by atoms with E-state index in [1.807, 2.05) is 13.8 Å². The third-order valence-electron chi connectivity index (χ3n) is 4.51. The Bertz CT molecular complexity index is 481. The van der Waals surface area contributed by atoms with Crippen LogP contribution in [0.25, 0.3) is 0 Å². The average Bonchev–Trinajstić information content (AvgIpc) is 2.83. The number of guanidine groups is 1. The fourth-order valence-electron chi connectivity index (χ4n) is 3.15. The predicted octanol–water partition coefficient (Wildman–Crippen LogP) is 3.09. The Morgan fingerprint density at radius 1 is 1.41 bits per heavy atom. The van der Waals surface area contributed by atoms with Gasteiger partial charge in [-0.2, -0.15) is 0 Å². The average molecular weight is 306 g/mol. The van der Waals surface area contributed by atoms with Gasteiger partial charge in [0.05, 0.1) is 5.69 Å². The van der Waals surface area contributed by atoms with Gasteiger partial charge in [0.25, 0.3) is 0 Å². The highest BCUT2D eigenvalue weighted by atomic mass is 16.5. The Morgan fingerprint density at radius 2 is 2.09 bits per heavy atom. The molecule has 0 bridgehead atoms. The zero-order chi connectivity index (χ0) is 16.1. The van der Waals surface area contributed by atoms with Crippen LogP contribution in [-0.4, -0.2) is 42.2 Å². The van der Waals surface area contributed by atoms with Crippen LogP contribution in [0.2, 0.25) is 0 Å². The van der Waals surface area contributed by atoms with Gasteiger partial charge in [0.15, 0.2) is 5.96 Å². The van der Waals surface area contributed by atoms with E-state index < -0.39 is 0 Å². The monoisotopic (exact) mass is 306 g/mol. The summed E-state index contributed by atoms with van der Waals surface area (Å²) >= 11 is 0. The van der Waals surface area contributed by atoms with Crippen molar-refractivity contribution in [3.05, 3.63) is 17.0 Å². The Morgan fingerprint density at radius 3 is 2.64 bits per heavy atom. The second kappa shape index (κ2) is 7.65. The molecule has 1 saturated heterocycles. The first-order valence-electron chi connectivity index (χ1n) is 8.48. The van der Waals surface area contributed by atoms with Crippen molar-refractivity contribution >= 4 is 5.96 Å². The summed E-state index contributed by atoms with van der Waals surface area (Å²) in [6.07, 6.45) is 2.51. The minimum absolute atomic E-state index is 0.323. The number of aliphatic imine (C=N–C) groups is 1. The maximum absolute atomic E-state index is 5.27. The quantitative estimate of drug-likeness (QED) is 0.686. The van der Waals surface area contributed by atoms with Crippen molar-refractivity contribution in [3.8, 4) is 0 Å². The molecule has 0 amide bonds. The number of hydrogen-bond donors (Lipinski definition) is 1. The van der Waals surface area contributed by atoms with Crippen LogP contribution in [0.15, 0.2) is 9.52 Å². The number of aryl methyl sites for hydroxylation is 2. The molecule has 0 spiro atoms. The first kappa shape index (κ1) is 16.8. The molecule has 2 heterocycles. The van der Waals surface area contributed by atoms with E-state index in [-0.39, 0.29) is 0 Å². The Hall–Kier alpha value is -1.52. The fourth-order valence-corrected chi connectivity index (χ4v) is 3.15. The lowest BCUT2D eigenvalue weighted by Gasteiger charge is -2.33. The summed E-state index contributed by atoms with van der Waals surface area (Å²) in [6.45, 7) is 14.5. The smallest absolute Gasteiger partial charge is 0.193 e. The molecule has 0 aliphatic carbocycles. The molecular weight excluding hydrogens is 276 g/mol. The molecule has 22 heavy (non-hydrogen) atoms. The highest BCUT2D eigenvalue weighted by Gasteiger charge is 2.20. The van der Waals surface area contributed by atoms with E-state index in [1.165, 1.54) is 18.4 Å². The lowest BCUT2D eigenvalue weighted by molar-refractivity contribution is 0.273. The van der Waals surface area contributed by atoms with Crippen LogP contribution in [0.1, 0.15) is 56.5 Å². The van der Waals surface area contributed by atoms with Gasteiger partial charge in [-0.3, -0.25) is 4.99 Å². The predicted molar refractivity (Wildman–Crippen MR) is 90.3 cm³/mol. The van der Waals surface area contributed by atoms with Gasteiger partial charge in [-0.15, -0.1) is 0 Å². The number of hydrogen-bond acceptors (Lipinski definition) is 3. The van der Waals surface area contributed by atoms with E-state index in [0.717, 1.165) is 49.5 Å². The first-order valence-corrected chi connectivity index (χ1v) is 8.48. The van der Waals surface area contributed by atoms with Gasteiger partial charge in [0.2, 0.25) is 0 Å². The second-order valence-corrected chi connectivity index (χ2v) is 6.50. The van der Waals surface area contributed by atoms with Crippen LogP contribution in [0.3, 0.4) is 0 Å². The number of nitrogens with one attached hydrogen (secondary N) is 1. The van der Waals surface area contributed by atoms with Gasteiger partial charge in [0, 0.05) is 37.7 Å². The summed E-state index contributed by atoms with van der Waals surface area (Å²) in [6, 6.07) is 0. The zero-order valence-corrected chi connectivity index (χ0v) is 14.6. The number of rotatable bonds is 4. The molecule has 1 fully saturated rings. The van der Waals surface area contributed by atoms with E-state index in [4.69, 9.17) is 9.52 Å². The van der Waals surface area contributed by atoms with Gasteiger partial charge in [-0.1, -0.05) is 19.0 Å². The van der Waals surface area contributed by atoms with E-state index in [0.29, 0.717) is 5.92 Å². The van der Waals surface area contributed by atoms with Crippen molar-refractivity contribution in [2.24, 2.45) is 10.9 Å². The van der Waals surface area contributed by atoms with Crippen molar-refractivity contribution < 1.29 is 4.52 Å². The number of aromatic nitrogens is 1. The van der Waals surface area contributed by atoms with Crippen molar-refractivity contribution in [1.82, 2.24) is 15.4 Å². The van der Waals surface area contributed by atoms with Gasteiger partial charge in [-0.25, -0.2) is 0 Å². The molecule has 1 unspecified atom stereocenters. The van der Waals surface area contributed by atoms with Crippen LogP contribution < -0.4 is 5.32 Å². The van der Waals surface area contributed by atoms with Crippen molar-refractivity contribution in [1.29, 1.82) is 0 Å². The third kappa shape index (κ3) is 4.02. The van der Waals surface area contributed by atoms with Crippen LogP contribution in [0, 0.1) is 19.8 Å². The molecule has 1 aliphatic heterocycles. The van der Waals surface area contributed by atoms with Gasteiger partial charge in [0.1, 0.15) is 5.76 Å². The summed E-state index contributed by atoms with van der Waals surface area (Å²) in [4.78, 5) is 7.25.